The van der Waals surface area contributed by atoms with Crippen molar-refractivity contribution < 1.29 is 8.42 Å². The van der Waals surface area contributed by atoms with Gasteiger partial charge in [0.2, 0.25) is 0 Å². The van der Waals surface area contributed by atoms with Crippen molar-refractivity contribution in [2.24, 2.45) is 0 Å². The molecule has 6 heteroatoms. The van der Waals surface area contributed by atoms with Gasteiger partial charge >= 0.3 is 0 Å². The van der Waals surface area contributed by atoms with E-state index in [0.29, 0.717) is 0 Å². The van der Waals surface area contributed by atoms with E-state index in [0.717, 1.165) is 44.0 Å². The van der Waals surface area contributed by atoms with Gasteiger partial charge in [-0.25, -0.2) is 8.42 Å². The Hall–Kier alpha value is 0.220. The molecule has 1 saturated heterocycles. The van der Waals surface area contributed by atoms with Crippen molar-refractivity contribution in [3.05, 3.63) is 0 Å². The third kappa shape index (κ3) is 4.77. The van der Waals surface area contributed by atoms with Crippen molar-refractivity contribution >= 4 is 21.6 Å². The molecule has 4 nitrogen and oxygen atoms in total. The molecule has 0 aromatic rings. The van der Waals surface area contributed by atoms with E-state index in [1.807, 2.05) is 7.05 Å². The normalized spacial score (nSPS) is 22.8. The minimum absolute atomic E-state index is 0.249. The molecule has 1 atom stereocenters. The van der Waals surface area contributed by atoms with E-state index in [-0.39, 0.29) is 11.1 Å². The molecular weight excluding hydrogens is 256 g/mol. The number of sulfone groups is 1. The molecule has 0 aromatic heterocycles. The van der Waals surface area contributed by atoms with E-state index in [9.17, 15) is 8.42 Å². The minimum atomic E-state index is -2.92. The molecule has 1 N–H and O–H groups in total. The van der Waals surface area contributed by atoms with Crippen LogP contribution in [-0.2, 0) is 9.84 Å². The van der Waals surface area contributed by atoms with Crippen molar-refractivity contribution in [3.63, 3.8) is 0 Å². The van der Waals surface area contributed by atoms with Crippen molar-refractivity contribution in [2.75, 3.05) is 43.9 Å². The summed E-state index contributed by atoms with van der Waals surface area (Å²) in [5, 5.41) is 2.87. The zero-order valence-electron chi connectivity index (χ0n) is 10.8. The molecule has 1 unspecified atom stereocenters. The van der Waals surface area contributed by atoms with E-state index in [1.54, 1.807) is 18.7 Å². The van der Waals surface area contributed by atoms with E-state index >= 15 is 0 Å². The first-order valence-corrected chi connectivity index (χ1v) is 9.16. The maximum Gasteiger partial charge on any atom is 0.166 e. The van der Waals surface area contributed by atoms with Gasteiger partial charge in [-0.2, -0.15) is 11.8 Å². The molecule has 17 heavy (non-hydrogen) atoms. The summed E-state index contributed by atoms with van der Waals surface area (Å²) in [7, 11) is -0.977. The second kappa shape index (κ2) is 7.61. The zero-order chi connectivity index (χ0) is 12.7. The van der Waals surface area contributed by atoms with Gasteiger partial charge in [-0.3, -0.25) is 4.90 Å². The van der Waals surface area contributed by atoms with E-state index in [2.05, 4.69) is 10.2 Å². The maximum atomic E-state index is 12.0. The molecule has 0 amide bonds. The summed E-state index contributed by atoms with van der Waals surface area (Å²) in [5.74, 6) is 2.05. The van der Waals surface area contributed by atoms with E-state index in [1.165, 1.54) is 0 Å². The first-order chi connectivity index (χ1) is 8.11. The summed E-state index contributed by atoms with van der Waals surface area (Å²) >= 11 is 1.76. The number of nitrogens with one attached hydrogen (secondary N) is 1. The van der Waals surface area contributed by atoms with E-state index < -0.39 is 9.84 Å². The Labute approximate surface area is 109 Å². The molecule has 0 aromatic carbocycles. The molecule has 0 spiro atoms. The number of nitrogens with zero attached hydrogens (tertiary/aromatic N) is 1. The van der Waals surface area contributed by atoms with Gasteiger partial charge in [-0.05, 0) is 33.0 Å². The smallest absolute Gasteiger partial charge is 0.166 e. The summed E-state index contributed by atoms with van der Waals surface area (Å²) < 4.78 is 24.0. The van der Waals surface area contributed by atoms with Crippen LogP contribution in [0.5, 0.6) is 0 Å². The highest BCUT2D eigenvalue weighted by atomic mass is 32.2. The van der Waals surface area contributed by atoms with Crippen molar-refractivity contribution in [1.29, 1.82) is 0 Å². The first kappa shape index (κ1) is 15.3. The molecule has 1 aliphatic rings. The van der Waals surface area contributed by atoms with Crippen LogP contribution in [0, 0.1) is 0 Å². The second-order valence-electron chi connectivity index (χ2n) is 4.33. The quantitative estimate of drug-likeness (QED) is 0.699. The zero-order valence-corrected chi connectivity index (χ0v) is 12.4. The average molecular weight is 280 g/mol. The van der Waals surface area contributed by atoms with Gasteiger partial charge in [-0.1, -0.05) is 6.92 Å². The van der Waals surface area contributed by atoms with Crippen LogP contribution >= 0.6 is 11.8 Å². The average Bonchev–Trinajstić information content (AvgIpc) is 2.35. The summed E-state index contributed by atoms with van der Waals surface area (Å²) in [6.07, 6.45) is 2.18. The lowest BCUT2D eigenvalue weighted by Crippen LogP contribution is -2.48. The van der Waals surface area contributed by atoms with Crippen LogP contribution in [0.1, 0.15) is 19.8 Å². The molecule has 0 saturated carbocycles. The number of thioether (sulfide) groups is 1. The lowest BCUT2D eigenvalue weighted by Gasteiger charge is -2.34. The number of hydrogen-bond donors (Lipinski definition) is 1. The predicted octanol–water partition coefficient (Wildman–Crippen LogP) is 0.796. The monoisotopic (exact) mass is 280 g/mol. The fraction of sp³-hybridized carbons (Fsp3) is 1.00. The summed E-state index contributed by atoms with van der Waals surface area (Å²) in [6, 6.07) is 0. The van der Waals surface area contributed by atoms with Crippen molar-refractivity contribution in [3.8, 4) is 0 Å². The Morgan fingerprint density at radius 2 is 2.18 bits per heavy atom. The van der Waals surface area contributed by atoms with Crippen LogP contribution in [0.2, 0.25) is 0 Å². The highest BCUT2D eigenvalue weighted by molar-refractivity contribution is 8.01. The molecule has 102 valence electrons. The molecule has 0 aliphatic carbocycles. The predicted molar refractivity (Wildman–Crippen MR) is 75.3 cm³/mol. The maximum absolute atomic E-state index is 12.0. The standard InChI is InChI=1S/C11H24N2O2S2/c1-3-17(14,15)11-10-16-9-8-13(11)7-5-4-6-12-2/h11-12H,3-10H2,1-2H3. The topological polar surface area (TPSA) is 49.4 Å². The van der Waals surface area contributed by atoms with Gasteiger partial charge in [0.05, 0.1) is 0 Å². The van der Waals surface area contributed by atoms with Crippen molar-refractivity contribution in [1.82, 2.24) is 10.2 Å². The molecule has 1 fully saturated rings. The molecule has 1 aliphatic heterocycles. The Bertz CT molecular complexity index is 307. The Morgan fingerprint density at radius 3 is 2.82 bits per heavy atom. The Morgan fingerprint density at radius 1 is 1.41 bits per heavy atom. The fourth-order valence-corrected chi connectivity index (χ4v) is 5.12. The Kier molecular flexibility index (Phi) is 6.84. The van der Waals surface area contributed by atoms with E-state index in [4.69, 9.17) is 0 Å². The lowest BCUT2D eigenvalue weighted by molar-refractivity contribution is 0.264. The van der Waals surface area contributed by atoms with Gasteiger partial charge in [0.1, 0.15) is 5.37 Å². The summed E-state index contributed by atoms with van der Waals surface area (Å²) in [5.41, 5.74) is 0. The van der Waals surface area contributed by atoms with Crippen LogP contribution in [0.15, 0.2) is 0 Å². The number of rotatable bonds is 7. The lowest BCUT2D eigenvalue weighted by atomic mass is 10.3. The van der Waals surface area contributed by atoms with Gasteiger partial charge in [-0.15, -0.1) is 0 Å². The highest BCUT2D eigenvalue weighted by Crippen LogP contribution is 2.21. The molecular formula is C11H24N2O2S2. The van der Waals surface area contributed by atoms with Gasteiger partial charge in [0, 0.05) is 23.8 Å². The molecule has 1 rings (SSSR count). The Balaban J connectivity index is 2.49. The molecule has 0 bridgehead atoms. The van der Waals surface area contributed by atoms with Crippen LogP contribution < -0.4 is 5.32 Å². The third-order valence-corrected chi connectivity index (χ3v) is 6.46. The van der Waals surface area contributed by atoms with Crippen LogP contribution in [0.25, 0.3) is 0 Å². The van der Waals surface area contributed by atoms with Crippen LogP contribution in [-0.4, -0.2) is 62.6 Å². The fourth-order valence-electron chi connectivity index (χ4n) is 2.01. The number of unbranched alkanes of at least 4 members (excludes halogenated alkanes) is 1. The van der Waals surface area contributed by atoms with Gasteiger partial charge in [0.15, 0.2) is 9.84 Å². The summed E-state index contributed by atoms with van der Waals surface area (Å²) in [6.45, 7) is 4.57. The minimum Gasteiger partial charge on any atom is -0.320 e. The molecule has 0 radical (unpaired) electrons. The largest absolute Gasteiger partial charge is 0.320 e. The SMILES string of the molecule is CCS(=O)(=O)C1CSCCN1CCCCNC. The van der Waals surface area contributed by atoms with Gasteiger partial charge < -0.3 is 5.32 Å². The third-order valence-electron chi connectivity index (χ3n) is 3.13. The summed E-state index contributed by atoms with van der Waals surface area (Å²) in [4.78, 5) is 2.16. The highest BCUT2D eigenvalue weighted by Gasteiger charge is 2.32. The van der Waals surface area contributed by atoms with Crippen LogP contribution in [0.4, 0.5) is 0 Å². The molecule has 1 heterocycles. The number of hydrogen-bond acceptors (Lipinski definition) is 5. The van der Waals surface area contributed by atoms with Crippen molar-refractivity contribution in [2.45, 2.75) is 25.1 Å². The van der Waals surface area contributed by atoms with Crippen LogP contribution in [0.3, 0.4) is 0 Å². The van der Waals surface area contributed by atoms with Gasteiger partial charge in [0.25, 0.3) is 0 Å². The second-order valence-corrected chi connectivity index (χ2v) is 7.92. The first-order valence-electron chi connectivity index (χ1n) is 6.29.